The van der Waals surface area contributed by atoms with Gasteiger partial charge in [-0.3, -0.25) is 4.79 Å². The molecule has 1 aromatic rings. The largest absolute Gasteiger partial charge is 0.469 e. The lowest BCUT2D eigenvalue weighted by atomic mass is 10.0. The van der Waals surface area contributed by atoms with E-state index in [1.165, 1.54) is 160 Å². The van der Waals surface area contributed by atoms with Gasteiger partial charge in [0.2, 0.25) is 0 Å². The average Bonchev–Trinajstić information content (AvgIpc) is 3.11. The van der Waals surface area contributed by atoms with Crippen molar-refractivity contribution < 1.29 is 19.0 Å². The smallest absolute Gasteiger partial charge is 0.305 e. The molecule has 0 N–H and O–H groups in total. The molecule has 0 aromatic heterocycles. The molecule has 1 aromatic carbocycles. The third-order valence-electron chi connectivity index (χ3n) is 9.98. The molecule has 3 unspecified atom stereocenters. The SMILES string of the molecule is CCCCCCCCCCCC(CCCCCC)OC(OC(CCCCCC)CCCCCCCCCCC(=O)OC)c1ccccc1. The Balaban J connectivity index is 2.71. The molecule has 1 rings (SSSR count). The first kappa shape index (κ1) is 44.6. The van der Waals surface area contributed by atoms with Crippen LogP contribution in [0.25, 0.3) is 0 Å². The van der Waals surface area contributed by atoms with E-state index in [4.69, 9.17) is 14.2 Å². The molecule has 3 atom stereocenters. The maximum absolute atomic E-state index is 11.3. The van der Waals surface area contributed by atoms with Crippen molar-refractivity contribution in [3.63, 3.8) is 0 Å². The molecule has 0 aliphatic carbocycles. The van der Waals surface area contributed by atoms with Gasteiger partial charge in [-0.05, 0) is 32.1 Å². The summed E-state index contributed by atoms with van der Waals surface area (Å²) in [5.74, 6) is -0.0809. The Morgan fingerprint density at radius 3 is 1.19 bits per heavy atom. The van der Waals surface area contributed by atoms with Crippen molar-refractivity contribution in [2.24, 2.45) is 0 Å². The third-order valence-corrected chi connectivity index (χ3v) is 9.98. The Kier molecular flexibility index (Phi) is 31.7. The minimum Gasteiger partial charge on any atom is -0.469 e. The molecule has 4 nitrogen and oxygen atoms in total. The molecular formula is C44H80O4. The molecule has 0 amide bonds. The highest BCUT2D eigenvalue weighted by Crippen LogP contribution is 2.30. The van der Waals surface area contributed by atoms with Crippen molar-refractivity contribution in [1.29, 1.82) is 0 Å². The summed E-state index contributed by atoms with van der Waals surface area (Å²) < 4.78 is 18.8. The quantitative estimate of drug-likeness (QED) is 0.0404. The maximum atomic E-state index is 11.3. The molecule has 4 heteroatoms. The summed E-state index contributed by atoms with van der Waals surface area (Å²) >= 11 is 0. The van der Waals surface area contributed by atoms with Crippen LogP contribution in [0.5, 0.6) is 0 Å². The number of rotatable bonds is 36. The number of esters is 1. The highest BCUT2D eigenvalue weighted by atomic mass is 16.7. The van der Waals surface area contributed by atoms with Gasteiger partial charge in [0, 0.05) is 12.0 Å². The summed E-state index contributed by atoms with van der Waals surface area (Å²) in [5.41, 5.74) is 1.17. The van der Waals surface area contributed by atoms with Crippen LogP contribution in [0.1, 0.15) is 225 Å². The number of unbranched alkanes of at least 4 members (excludes halogenated alkanes) is 21. The summed E-state index contributed by atoms with van der Waals surface area (Å²) in [6.07, 6.45) is 37.5. The number of hydrogen-bond donors (Lipinski definition) is 0. The van der Waals surface area contributed by atoms with E-state index in [2.05, 4.69) is 51.1 Å². The minimum atomic E-state index is -0.276. The van der Waals surface area contributed by atoms with Crippen LogP contribution < -0.4 is 0 Å². The van der Waals surface area contributed by atoms with Crippen LogP contribution in [0, 0.1) is 0 Å². The third kappa shape index (κ3) is 26.5. The zero-order valence-corrected chi connectivity index (χ0v) is 32.5. The molecular weight excluding hydrogens is 592 g/mol. The van der Waals surface area contributed by atoms with Crippen LogP contribution in [0.15, 0.2) is 30.3 Å². The molecule has 0 saturated carbocycles. The second-order valence-corrected chi connectivity index (χ2v) is 14.5. The van der Waals surface area contributed by atoms with Crippen molar-refractivity contribution in [3.8, 4) is 0 Å². The van der Waals surface area contributed by atoms with Gasteiger partial charge in [0.15, 0.2) is 6.29 Å². The summed E-state index contributed by atoms with van der Waals surface area (Å²) in [7, 11) is 1.48. The molecule has 280 valence electrons. The molecule has 0 saturated heterocycles. The maximum Gasteiger partial charge on any atom is 0.305 e. The van der Waals surface area contributed by atoms with Crippen molar-refractivity contribution in [2.75, 3.05) is 7.11 Å². The summed E-state index contributed by atoms with van der Waals surface area (Å²) in [6.45, 7) is 6.89. The monoisotopic (exact) mass is 673 g/mol. The number of carbonyl (C=O) groups is 1. The molecule has 48 heavy (non-hydrogen) atoms. The first-order chi connectivity index (χ1) is 23.6. The van der Waals surface area contributed by atoms with E-state index < -0.39 is 0 Å². The zero-order chi connectivity index (χ0) is 34.8. The van der Waals surface area contributed by atoms with Gasteiger partial charge < -0.3 is 14.2 Å². The molecule has 0 fully saturated rings. The van der Waals surface area contributed by atoms with Crippen molar-refractivity contribution >= 4 is 5.97 Å². The van der Waals surface area contributed by atoms with E-state index in [0.717, 1.165) is 38.5 Å². The number of carbonyl (C=O) groups excluding carboxylic acids is 1. The Hall–Kier alpha value is -1.39. The van der Waals surface area contributed by atoms with Crippen molar-refractivity contribution in [2.45, 2.75) is 232 Å². The van der Waals surface area contributed by atoms with Gasteiger partial charge in [-0.15, -0.1) is 0 Å². The molecule has 0 aliphatic heterocycles. The van der Waals surface area contributed by atoms with Crippen molar-refractivity contribution in [3.05, 3.63) is 35.9 Å². The lowest BCUT2D eigenvalue weighted by Gasteiger charge is -2.30. The molecule has 0 bridgehead atoms. The minimum absolute atomic E-state index is 0.0809. The van der Waals surface area contributed by atoms with Gasteiger partial charge in [-0.2, -0.15) is 0 Å². The number of hydrogen-bond acceptors (Lipinski definition) is 4. The van der Waals surface area contributed by atoms with Crippen LogP contribution in [0.2, 0.25) is 0 Å². The summed E-state index contributed by atoms with van der Waals surface area (Å²) in [5, 5.41) is 0. The highest BCUT2D eigenvalue weighted by molar-refractivity contribution is 5.68. The fraction of sp³-hybridized carbons (Fsp3) is 0.841. The van der Waals surface area contributed by atoms with Crippen LogP contribution in [0.4, 0.5) is 0 Å². The predicted molar refractivity (Wildman–Crippen MR) is 206 cm³/mol. The van der Waals surface area contributed by atoms with E-state index >= 15 is 0 Å². The fourth-order valence-corrected chi connectivity index (χ4v) is 6.79. The first-order valence-corrected chi connectivity index (χ1v) is 21.1. The first-order valence-electron chi connectivity index (χ1n) is 21.1. The Morgan fingerprint density at radius 1 is 0.479 bits per heavy atom. The van der Waals surface area contributed by atoms with E-state index in [-0.39, 0.29) is 24.5 Å². The molecule has 0 spiro atoms. The molecule has 0 radical (unpaired) electrons. The standard InChI is InChI=1S/C44H80O4/c1-5-8-11-14-15-16-19-22-30-37-41(35-28-12-9-6-2)47-44(40-33-26-25-27-34-40)48-42(36-29-13-10-7-3)38-31-23-20-17-18-21-24-32-39-43(45)46-4/h25-27,33-34,41-42,44H,5-24,28-32,35-39H2,1-4H3. The van der Waals surface area contributed by atoms with Crippen LogP contribution in [0.3, 0.4) is 0 Å². The average molecular weight is 673 g/mol. The molecule has 0 aliphatic rings. The number of benzene rings is 1. The lowest BCUT2D eigenvalue weighted by molar-refractivity contribution is -0.205. The van der Waals surface area contributed by atoms with E-state index in [1.807, 2.05) is 0 Å². The van der Waals surface area contributed by atoms with E-state index in [0.29, 0.717) is 6.42 Å². The van der Waals surface area contributed by atoms with Gasteiger partial charge in [-0.25, -0.2) is 0 Å². The number of ether oxygens (including phenoxy) is 3. The van der Waals surface area contributed by atoms with Gasteiger partial charge in [0.1, 0.15) is 0 Å². The normalized spacial score (nSPS) is 13.4. The van der Waals surface area contributed by atoms with E-state index in [1.54, 1.807) is 0 Å². The zero-order valence-electron chi connectivity index (χ0n) is 32.5. The topological polar surface area (TPSA) is 44.8 Å². The molecule has 0 heterocycles. The van der Waals surface area contributed by atoms with E-state index in [9.17, 15) is 4.79 Å². The Labute approximate surface area is 299 Å². The second-order valence-electron chi connectivity index (χ2n) is 14.5. The number of methoxy groups -OCH3 is 1. The lowest BCUT2D eigenvalue weighted by Crippen LogP contribution is -2.24. The summed E-state index contributed by atoms with van der Waals surface area (Å²) in [4.78, 5) is 11.3. The van der Waals surface area contributed by atoms with Crippen LogP contribution >= 0.6 is 0 Å². The van der Waals surface area contributed by atoms with Crippen LogP contribution in [-0.2, 0) is 19.0 Å². The van der Waals surface area contributed by atoms with Gasteiger partial charge in [-0.1, -0.05) is 205 Å². The predicted octanol–water partition coefficient (Wildman–Crippen LogP) is 14.4. The van der Waals surface area contributed by atoms with Gasteiger partial charge in [0.05, 0.1) is 19.3 Å². The van der Waals surface area contributed by atoms with Crippen LogP contribution in [-0.4, -0.2) is 25.3 Å². The van der Waals surface area contributed by atoms with Gasteiger partial charge in [0.25, 0.3) is 0 Å². The van der Waals surface area contributed by atoms with Gasteiger partial charge >= 0.3 is 5.97 Å². The summed E-state index contributed by atoms with van der Waals surface area (Å²) in [6, 6.07) is 10.8. The second kappa shape index (κ2) is 34.1. The Bertz CT molecular complexity index is 796. The Morgan fingerprint density at radius 2 is 0.812 bits per heavy atom. The fourth-order valence-electron chi connectivity index (χ4n) is 6.79. The van der Waals surface area contributed by atoms with Crippen molar-refractivity contribution in [1.82, 2.24) is 0 Å². The highest BCUT2D eigenvalue weighted by Gasteiger charge is 2.23.